The van der Waals surface area contributed by atoms with E-state index in [1.807, 2.05) is 13.0 Å². The van der Waals surface area contributed by atoms with Crippen molar-refractivity contribution < 1.29 is 4.39 Å². The molecule has 0 spiro atoms. The van der Waals surface area contributed by atoms with E-state index >= 15 is 0 Å². The lowest BCUT2D eigenvalue weighted by molar-refractivity contribution is 0.625. The smallest absolute Gasteiger partial charge is 0.164 e. The number of rotatable bonds is 2. The second-order valence-electron chi connectivity index (χ2n) is 3.20. The van der Waals surface area contributed by atoms with Gasteiger partial charge in [-0.25, -0.2) is 9.37 Å². The van der Waals surface area contributed by atoms with E-state index in [0.717, 1.165) is 11.8 Å². The molecule has 4 heteroatoms. The number of hydrogen-bond donors (Lipinski definition) is 1. The van der Waals surface area contributed by atoms with Gasteiger partial charge in [0.15, 0.2) is 5.82 Å². The molecular weight excluding hydrogens is 193 g/mol. The van der Waals surface area contributed by atoms with Gasteiger partial charge in [0.05, 0.1) is 11.9 Å². The van der Waals surface area contributed by atoms with Crippen molar-refractivity contribution in [2.24, 2.45) is 0 Å². The lowest BCUT2D eigenvalue weighted by atomic mass is 10.3. The second kappa shape index (κ2) is 4.04. The Bertz CT molecular complexity index is 454. The third-order valence-corrected chi connectivity index (χ3v) is 1.95. The molecule has 2 rings (SSSR count). The second-order valence-corrected chi connectivity index (χ2v) is 3.20. The highest BCUT2D eigenvalue weighted by atomic mass is 19.1. The van der Waals surface area contributed by atoms with E-state index in [-0.39, 0.29) is 5.82 Å². The summed E-state index contributed by atoms with van der Waals surface area (Å²) in [4.78, 5) is 7.78. The molecule has 0 radical (unpaired) electrons. The maximum Gasteiger partial charge on any atom is 0.164 e. The number of anilines is 2. The first-order valence-corrected chi connectivity index (χ1v) is 4.55. The van der Waals surface area contributed by atoms with E-state index in [0.29, 0.717) is 11.5 Å². The quantitative estimate of drug-likeness (QED) is 0.815. The van der Waals surface area contributed by atoms with E-state index in [9.17, 15) is 4.39 Å². The monoisotopic (exact) mass is 203 g/mol. The molecule has 3 nitrogen and oxygen atoms in total. The van der Waals surface area contributed by atoms with Gasteiger partial charge in [-0.15, -0.1) is 0 Å². The minimum Gasteiger partial charge on any atom is -0.338 e. The number of pyridine rings is 2. The molecule has 0 saturated heterocycles. The number of hydrogen-bond acceptors (Lipinski definition) is 3. The van der Waals surface area contributed by atoms with Crippen molar-refractivity contribution in [3.05, 3.63) is 48.2 Å². The zero-order chi connectivity index (χ0) is 10.7. The van der Waals surface area contributed by atoms with Gasteiger partial charge in [0.25, 0.3) is 0 Å². The van der Waals surface area contributed by atoms with Gasteiger partial charge in [-0.3, -0.25) is 4.98 Å². The van der Waals surface area contributed by atoms with Crippen LogP contribution in [0, 0.1) is 12.7 Å². The molecule has 2 aromatic rings. The molecule has 0 atom stereocenters. The number of nitrogens with one attached hydrogen (secondary N) is 1. The molecule has 0 aliphatic carbocycles. The first-order valence-electron chi connectivity index (χ1n) is 4.55. The van der Waals surface area contributed by atoms with E-state index in [4.69, 9.17) is 0 Å². The van der Waals surface area contributed by atoms with Crippen LogP contribution in [0.15, 0.2) is 36.8 Å². The Balaban J connectivity index is 2.22. The molecule has 2 heterocycles. The number of nitrogens with zero attached hydrogens (tertiary/aromatic N) is 2. The highest BCUT2D eigenvalue weighted by Gasteiger charge is 2.01. The van der Waals surface area contributed by atoms with Gasteiger partial charge in [0, 0.05) is 12.4 Å². The van der Waals surface area contributed by atoms with Crippen molar-refractivity contribution in [3.8, 4) is 0 Å². The molecule has 76 valence electrons. The van der Waals surface area contributed by atoms with E-state index in [1.54, 1.807) is 18.3 Å². The number of aryl methyl sites for hydroxylation is 1. The molecule has 2 aromatic heterocycles. The Morgan fingerprint density at radius 3 is 2.73 bits per heavy atom. The lowest BCUT2D eigenvalue weighted by Crippen LogP contribution is -1.96. The largest absolute Gasteiger partial charge is 0.338 e. The van der Waals surface area contributed by atoms with Gasteiger partial charge in [0.2, 0.25) is 0 Å². The maximum atomic E-state index is 13.2. The maximum absolute atomic E-state index is 13.2. The Morgan fingerprint density at radius 2 is 2.07 bits per heavy atom. The molecular formula is C11H10FN3. The molecule has 15 heavy (non-hydrogen) atoms. The van der Waals surface area contributed by atoms with Crippen LogP contribution in [0.25, 0.3) is 0 Å². The van der Waals surface area contributed by atoms with Crippen molar-refractivity contribution in [1.29, 1.82) is 0 Å². The summed E-state index contributed by atoms with van der Waals surface area (Å²) in [6.07, 6.45) is 4.41. The molecule has 0 amide bonds. The van der Waals surface area contributed by atoms with Crippen LogP contribution in [0.1, 0.15) is 5.56 Å². The summed E-state index contributed by atoms with van der Waals surface area (Å²) in [6, 6.07) is 5.28. The normalized spacial score (nSPS) is 10.0. The molecule has 0 saturated carbocycles. The Kier molecular flexibility index (Phi) is 2.58. The molecule has 0 fully saturated rings. The molecule has 0 unspecified atom stereocenters. The van der Waals surface area contributed by atoms with Crippen LogP contribution in [-0.4, -0.2) is 9.97 Å². The SMILES string of the molecule is Cc1ccc(Nc2ccncc2F)nc1. The highest BCUT2D eigenvalue weighted by Crippen LogP contribution is 2.16. The molecule has 1 N–H and O–H groups in total. The van der Waals surface area contributed by atoms with Crippen molar-refractivity contribution >= 4 is 11.5 Å². The standard InChI is InChI=1S/C11H10FN3/c1-8-2-3-11(14-6-8)15-10-4-5-13-7-9(10)12/h2-7H,1H3,(H,13,14,15). The summed E-state index contributed by atoms with van der Waals surface area (Å²) in [7, 11) is 0. The van der Waals surface area contributed by atoms with Crippen LogP contribution in [-0.2, 0) is 0 Å². The minimum atomic E-state index is -0.389. The fraction of sp³-hybridized carbons (Fsp3) is 0.0909. The van der Waals surface area contributed by atoms with Crippen molar-refractivity contribution in [2.45, 2.75) is 6.92 Å². The van der Waals surface area contributed by atoms with Crippen LogP contribution < -0.4 is 5.32 Å². The van der Waals surface area contributed by atoms with Crippen LogP contribution in [0.4, 0.5) is 15.9 Å². The Labute approximate surface area is 87.0 Å². The van der Waals surface area contributed by atoms with Gasteiger partial charge in [-0.05, 0) is 24.6 Å². The highest BCUT2D eigenvalue weighted by molar-refractivity contribution is 5.55. The predicted molar refractivity (Wildman–Crippen MR) is 56.5 cm³/mol. The molecule has 0 aliphatic rings. The lowest BCUT2D eigenvalue weighted by Gasteiger charge is -2.05. The van der Waals surface area contributed by atoms with Crippen LogP contribution in [0.3, 0.4) is 0 Å². The van der Waals surface area contributed by atoms with Crippen molar-refractivity contribution in [1.82, 2.24) is 9.97 Å². The zero-order valence-electron chi connectivity index (χ0n) is 8.24. The van der Waals surface area contributed by atoms with E-state index in [1.165, 1.54) is 6.20 Å². The number of halogens is 1. The van der Waals surface area contributed by atoms with Crippen LogP contribution in [0.5, 0.6) is 0 Å². The zero-order valence-corrected chi connectivity index (χ0v) is 8.24. The summed E-state index contributed by atoms with van der Waals surface area (Å²) in [5.74, 6) is 0.227. The molecule has 0 aliphatic heterocycles. The summed E-state index contributed by atoms with van der Waals surface area (Å²) < 4.78 is 13.2. The van der Waals surface area contributed by atoms with Gasteiger partial charge in [-0.2, -0.15) is 0 Å². The summed E-state index contributed by atoms with van der Waals surface area (Å²) in [5.41, 5.74) is 1.44. The van der Waals surface area contributed by atoms with Gasteiger partial charge < -0.3 is 5.32 Å². The van der Waals surface area contributed by atoms with E-state index in [2.05, 4.69) is 15.3 Å². The van der Waals surface area contributed by atoms with Crippen molar-refractivity contribution in [2.75, 3.05) is 5.32 Å². The molecule has 0 bridgehead atoms. The van der Waals surface area contributed by atoms with Gasteiger partial charge in [-0.1, -0.05) is 6.07 Å². The third kappa shape index (κ3) is 2.28. The average Bonchev–Trinajstić information content (AvgIpc) is 2.25. The predicted octanol–water partition coefficient (Wildman–Crippen LogP) is 2.67. The average molecular weight is 203 g/mol. The van der Waals surface area contributed by atoms with Crippen molar-refractivity contribution in [3.63, 3.8) is 0 Å². The van der Waals surface area contributed by atoms with Crippen LogP contribution >= 0.6 is 0 Å². The topological polar surface area (TPSA) is 37.8 Å². The Hall–Kier alpha value is -1.97. The van der Waals surface area contributed by atoms with E-state index < -0.39 is 0 Å². The van der Waals surface area contributed by atoms with Gasteiger partial charge >= 0.3 is 0 Å². The molecule has 0 aromatic carbocycles. The van der Waals surface area contributed by atoms with Gasteiger partial charge in [0.1, 0.15) is 5.82 Å². The fourth-order valence-corrected chi connectivity index (χ4v) is 1.16. The third-order valence-electron chi connectivity index (χ3n) is 1.95. The first kappa shape index (κ1) is 9.58. The summed E-state index contributed by atoms with van der Waals surface area (Å²) in [6.45, 7) is 1.95. The minimum absolute atomic E-state index is 0.376. The summed E-state index contributed by atoms with van der Waals surface area (Å²) >= 11 is 0. The fourth-order valence-electron chi connectivity index (χ4n) is 1.16. The number of aromatic nitrogens is 2. The van der Waals surface area contributed by atoms with Crippen LogP contribution in [0.2, 0.25) is 0 Å². The Morgan fingerprint density at radius 1 is 1.20 bits per heavy atom. The summed E-state index contributed by atoms with van der Waals surface area (Å²) in [5, 5.41) is 2.87. The first-order chi connectivity index (χ1) is 7.25.